The number of hydrogen-bond acceptors (Lipinski definition) is 6. The average molecular weight is 349 g/mol. The van der Waals surface area contributed by atoms with Crippen LogP contribution >= 0.6 is 0 Å². The van der Waals surface area contributed by atoms with E-state index in [1.54, 1.807) is 18.2 Å². The highest BCUT2D eigenvalue weighted by Gasteiger charge is 2.28. The summed E-state index contributed by atoms with van der Waals surface area (Å²) in [5.74, 6) is -0.293. The van der Waals surface area contributed by atoms with Crippen LogP contribution in [0.15, 0.2) is 24.3 Å². The zero-order valence-electron chi connectivity index (χ0n) is 14.1. The van der Waals surface area contributed by atoms with Crippen LogP contribution in [0.4, 0.5) is 11.4 Å². The molecule has 2 aliphatic rings. The molecule has 3 rings (SSSR count). The number of hydrogen-bond donors (Lipinski definition) is 1. The molecule has 2 fully saturated rings. The van der Waals surface area contributed by atoms with Gasteiger partial charge in [-0.1, -0.05) is 12.1 Å². The van der Waals surface area contributed by atoms with Crippen LogP contribution in [0.1, 0.15) is 32.1 Å². The molecular weight excluding hydrogens is 326 g/mol. The summed E-state index contributed by atoms with van der Waals surface area (Å²) < 4.78 is 5.42. The standard InChI is InChI=1S/C17H23N3O5/c21-17(18-25-16-7-3-4-12-24-16)13-8-10-19(11-9-13)14-5-1-2-6-15(14)20(22)23/h1-2,5-6,13,16H,3-4,7-12H2,(H,18,21)/t16-/m1/s1. The van der Waals surface area contributed by atoms with Crippen molar-refractivity contribution >= 4 is 17.3 Å². The summed E-state index contributed by atoms with van der Waals surface area (Å²) in [4.78, 5) is 30.3. The van der Waals surface area contributed by atoms with Crippen molar-refractivity contribution in [3.63, 3.8) is 0 Å². The fraction of sp³-hybridized carbons (Fsp3) is 0.588. The van der Waals surface area contributed by atoms with Gasteiger partial charge in [-0.3, -0.25) is 14.9 Å². The maximum atomic E-state index is 12.2. The molecule has 1 atom stereocenters. The number of rotatable bonds is 5. The quantitative estimate of drug-likeness (QED) is 0.648. The second kappa shape index (κ2) is 8.26. The van der Waals surface area contributed by atoms with Crippen molar-refractivity contribution in [2.45, 2.75) is 38.4 Å². The summed E-state index contributed by atoms with van der Waals surface area (Å²) in [5.41, 5.74) is 3.23. The number of nitrogens with zero attached hydrogens (tertiary/aromatic N) is 2. The molecule has 136 valence electrons. The number of amides is 1. The minimum atomic E-state index is -0.369. The van der Waals surface area contributed by atoms with Gasteiger partial charge in [0.15, 0.2) is 6.29 Å². The lowest BCUT2D eigenvalue weighted by Gasteiger charge is -2.32. The molecule has 0 unspecified atom stereocenters. The minimum Gasteiger partial charge on any atom is -0.366 e. The van der Waals surface area contributed by atoms with Crippen LogP contribution in [-0.2, 0) is 14.4 Å². The zero-order chi connectivity index (χ0) is 17.6. The molecule has 0 radical (unpaired) electrons. The average Bonchev–Trinajstić information content (AvgIpc) is 2.67. The highest BCUT2D eigenvalue weighted by molar-refractivity contribution is 5.78. The molecule has 25 heavy (non-hydrogen) atoms. The maximum Gasteiger partial charge on any atom is 0.292 e. The van der Waals surface area contributed by atoms with Crippen LogP contribution in [0, 0.1) is 16.0 Å². The van der Waals surface area contributed by atoms with Gasteiger partial charge in [0.1, 0.15) is 5.69 Å². The van der Waals surface area contributed by atoms with E-state index in [0.717, 1.165) is 19.3 Å². The number of nitro groups is 1. The predicted octanol–water partition coefficient (Wildman–Crippen LogP) is 2.39. The first-order valence-corrected chi connectivity index (χ1v) is 8.70. The van der Waals surface area contributed by atoms with Crippen LogP contribution in [0.3, 0.4) is 0 Å². The fourth-order valence-electron chi connectivity index (χ4n) is 3.28. The van der Waals surface area contributed by atoms with E-state index >= 15 is 0 Å². The van der Waals surface area contributed by atoms with Gasteiger partial charge in [0.05, 0.1) is 4.92 Å². The predicted molar refractivity (Wildman–Crippen MR) is 90.9 cm³/mol. The Balaban J connectivity index is 1.50. The highest BCUT2D eigenvalue weighted by atomic mass is 16.8. The van der Waals surface area contributed by atoms with E-state index in [1.807, 2.05) is 4.90 Å². The topological polar surface area (TPSA) is 93.9 Å². The Morgan fingerprint density at radius 3 is 2.68 bits per heavy atom. The third kappa shape index (κ3) is 4.46. The van der Waals surface area contributed by atoms with E-state index in [1.165, 1.54) is 6.07 Å². The van der Waals surface area contributed by atoms with Crippen LogP contribution in [-0.4, -0.2) is 36.8 Å². The maximum absolute atomic E-state index is 12.2. The Morgan fingerprint density at radius 2 is 2.00 bits per heavy atom. The molecule has 1 amide bonds. The van der Waals surface area contributed by atoms with E-state index in [4.69, 9.17) is 9.57 Å². The molecular formula is C17H23N3O5. The lowest BCUT2D eigenvalue weighted by atomic mass is 9.95. The number of para-hydroxylation sites is 2. The zero-order valence-corrected chi connectivity index (χ0v) is 14.1. The third-order valence-corrected chi connectivity index (χ3v) is 4.71. The molecule has 0 bridgehead atoms. The van der Waals surface area contributed by atoms with E-state index in [-0.39, 0.29) is 28.7 Å². The van der Waals surface area contributed by atoms with Crippen LogP contribution in [0.25, 0.3) is 0 Å². The van der Waals surface area contributed by atoms with Gasteiger partial charge in [-0.2, -0.15) is 0 Å². The van der Waals surface area contributed by atoms with Gasteiger partial charge in [-0.25, -0.2) is 10.3 Å². The number of hydroxylamine groups is 1. The smallest absolute Gasteiger partial charge is 0.292 e. The van der Waals surface area contributed by atoms with Gasteiger partial charge < -0.3 is 9.64 Å². The van der Waals surface area contributed by atoms with Crippen molar-refractivity contribution in [2.75, 3.05) is 24.6 Å². The molecule has 1 N–H and O–H groups in total. The molecule has 2 saturated heterocycles. The van der Waals surface area contributed by atoms with Crippen LogP contribution in [0.5, 0.6) is 0 Å². The first-order chi connectivity index (χ1) is 12.1. The SMILES string of the molecule is O=C(NO[C@@H]1CCCCO1)C1CCN(c2ccccc2[N+](=O)[O-])CC1. The van der Waals surface area contributed by atoms with Crippen LogP contribution in [0.2, 0.25) is 0 Å². The highest BCUT2D eigenvalue weighted by Crippen LogP contribution is 2.31. The number of ether oxygens (including phenoxy) is 1. The Labute approximate surface area is 146 Å². The summed E-state index contributed by atoms with van der Waals surface area (Å²) in [6, 6.07) is 6.71. The number of piperidine rings is 1. The fourth-order valence-corrected chi connectivity index (χ4v) is 3.28. The molecule has 0 saturated carbocycles. The number of carbonyl (C=O) groups is 1. The van der Waals surface area contributed by atoms with Crippen molar-refractivity contribution in [2.24, 2.45) is 5.92 Å². The molecule has 8 heteroatoms. The van der Waals surface area contributed by atoms with Crippen molar-refractivity contribution in [1.29, 1.82) is 0 Å². The van der Waals surface area contributed by atoms with Gasteiger partial charge in [0.25, 0.3) is 5.69 Å². The van der Waals surface area contributed by atoms with Gasteiger partial charge in [0.2, 0.25) is 5.91 Å². The number of anilines is 1. The Bertz CT molecular complexity index is 610. The summed E-state index contributed by atoms with van der Waals surface area (Å²) in [6.45, 7) is 1.86. The molecule has 1 aromatic rings. The van der Waals surface area contributed by atoms with Crippen molar-refractivity contribution in [1.82, 2.24) is 5.48 Å². The normalized spacial score (nSPS) is 21.8. The van der Waals surface area contributed by atoms with Gasteiger partial charge in [0, 0.05) is 38.1 Å². The Kier molecular flexibility index (Phi) is 5.83. The molecule has 8 nitrogen and oxygen atoms in total. The second-order valence-electron chi connectivity index (χ2n) is 6.39. The molecule has 2 aliphatic heterocycles. The first-order valence-electron chi connectivity index (χ1n) is 8.70. The number of benzene rings is 1. The van der Waals surface area contributed by atoms with E-state index in [9.17, 15) is 14.9 Å². The van der Waals surface area contributed by atoms with E-state index in [0.29, 0.717) is 38.2 Å². The molecule has 1 aromatic carbocycles. The summed E-state index contributed by atoms with van der Waals surface area (Å²) >= 11 is 0. The van der Waals surface area contributed by atoms with Crippen LogP contribution < -0.4 is 10.4 Å². The van der Waals surface area contributed by atoms with E-state index in [2.05, 4.69) is 5.48 Å². The first kappa shape index (κ1) is 17.6. The van der Waals surface area contributed by atoms with Crippen molar-refractivity contribution < 1.29 is 19.3 Å². The summed E-state index contributed by atoms with van der Waals surface area (Å²) in [7, 11) is 0. The monoisotopic (exact) mass is 349 g/mol. The van der Waals surface area contributed by atoms with Gasteiger partial charge >= 0.3 is 0 Å². The Morgan fingerprint density at radius 1 is 1.24 bits per heavy atom. The lowest BCUT2D eigenvalue weighted by Crippen LogP contribution is -2.42. The van der Waals surface area contributed by atoms with E-state index < -0.39 is 0 Å². The summed E-state index contributed by atoms with van der Waals surface area (Å²) in [5, 5.41) is 11.2. The number of carbonyl (C=O) groups excluding carboxylic acids is 1. The molecule has 0 spiro atoms. The molecule has 2 heterocycles. The lowest BCUT2D eigenvalue weighted by molar-refractivity contribution is -0.384. The Hall–Kier alpha value is -2.19. The van der Waals surface area contributed by atoms with Crippen molar-refractivity contribution in [3.8, 4) is 0 Å². The third-order valence-electron chi connectivity index (χ3n) is 4.71. The number of nitrogens with one attached hydrogen (secondary N) is 1. The molecule has 0 aromatic heterocycles. The van der Waals surface area contributed by atoms with Gasteiger partial charge in [-0.05, 0) is 31.7 Å². The largest absolute Gasteiger partial charge is 0.366 e. The minimum absolute atomic E-state index is 0.100. The summed E-state index contributed by atoms with van der Waals surface area (Å²) in [6.07, 6.45) is 3.76. The second-order valence-corrected chi connectivity index (χ2v) is 6.39. The van der Waals surface area contributed by atoms with Crippen molar-refractivity contribution in [3.05, 3.63) is 34.4 Å². The van der Waals surface area contributed by atoms with Gasteiger partial charge in [-0.15, -0.1) is 0 Å². The number of nitro benzene ring substituents is 1. The molecule has 0 aliphatic carbocycles.